The average Bonchev–Trinajstić information content (AvgIpc) is 2.45. The van der Waals surface area contributed by atoms with Crippen molar-refractivity contribution in [1.29, 1.82) is 0 Å². The Labute approximate surface area is 118 Å². The molecule has 0 aromatic carbocycles. The summed E-state index contributed by atoms with van der Waals surface area (Å²) >= 11 is 0. The van der Waals surface area contributed by atoms with E-state index in [-0.39, 0.29) is 18.2 Å². The van der Waals surface area contributed by atoms with Crippen molar-refractivity contribution in [2.24, 2.45) is 5.92 Å². The molecule has 6 nitrogen and oxygen atoms in total. The molecule has 0 aliphatic heterocycles. The molecule has 20 heavy (non-hydrogen) atoms. The van der Waals surface area contributed by atoms with Gasteiger partial charge < -0.3 is 14.8 Å². The number of esters is 1. The van der Waals surface area contributed by atoms with E-state index in [4.69, 9.17) is 9.47 Å². The molecule has 0 radical (unpaired) electrons. The second-order valence-electron chi connectivity index (χ2n) is 4.61. The zero-order valence-corrected chi connectivity index (χ0v) is 12.2. The van der Waals surface area contributed by atoms with Gasteiger partial charge in [-0.25, -0.2) is 9.78 Å². The molecule has 1 N–H and O–H groups in total. The zero-order chi connectivity index (χ0) is 15.1. The molecule has 1 amide bonds. The van der Waals surface area contributed by atoms with E-state index in [1.807, 2.05) is 0 Å². The van der Waals surface area contributed by atoms with Crippen LogP contribution in [-0.2, 0) is 20.7 Å². The Morgan fingerprint density at radius 2 is 2.05 bits per heavy atom. The lowest BCUT2D eigenvalue weighted by molar-refractivity contribution is -0.145. The lowest BCUT2D eigenvalue weighted by Gasteiger charge is -2.18. The van der Waals surface area contributed by atoms with Crippen molar-refractivity contribution in [3.63, 3.8) is 0 Å². The quantitative estimate of drug-likeness (QED) is 0.785. The minimum atomic E-state index is -0.756. The first kappa shape index (κ1) is 15.9. The molecular weight excluding hydrogens is 260 g/mol. The average molecular weight is 280 g/mol. The third-order valence-corrected chi connectivity index (χ3v) is 2.79. The van der Waals surface area contributed by atoms with Crippen molar-refractivity contribution < 1.29 is 19.1 Å². The van der Waals surface area contributed by atoms with E-state index in [1.165, 1.54) is 14.2 Å². The molecule has 0 aliphatic carbocycles. The summed E-state index contributed by atoms with van der Waals surface area (Å²) in [4.78, 5) is 27.6. The second kappa shape index (κ2) is 7.47. The minimum absolute atomic E-state index is 0.205. The second-order valence-corrected chi connectivity index (χ2v) is 4.61. The molecular formula is C14H20N2O4. The highest BCUT2D eigenvalue weighted by Gasteiger charge is 2.24. The van der Waals surface area contributed by atoms with E-state index in [0.29, 0.717) is 5.88 Å². The third kappa shape index (κ3) is 4.22. The van der Waals surface area contributed by atoms with Crippen LogP contribution < -0.4 is 10.1 Å². The Morgan fingerprint density at radius 1 is 1.35 bits per heavy atom. The van der Waals surface area contributed by atoms with E-state index in [1.54, 1.807) is 32.2 Å². The van der Waals surface area contributed by atoms with Crippen molar-refractivity contribution in [2.45, 2.75) is 26.3 Å². The molecule has 0 saturated carbocycles. The number of nitrogens with zero attached hydrogens (tertiary/aromatic N) is 1. The Morgan fingerprint density at radius 3 is 2.60 bits per heavy atom. The third-order valence-electron chi connectivity index (χ3n) is 2.79. The van der Waals surface area contributed by atoms with Crippen LogP contribution in [0.25, 0.3) is 0 Å². The lowest BCUT2D eigenvalue weighted by Crippen LogP contribution is -2.44. The van der Waals surface area contributed by atoms with Gasteiger partial charge in [0.05, 0.1) is 14.2 Å². The van der Waals surface area contributed by atoms with Gasteiger partial charge in [-0.1, -0.05) is 19.9 Å². The maximum absolute atomic E-state index is 11.8. The summed E-state index contributed by atoms with van der Waals surface area (Å²) in [6, 6.07) is 2.78. The van der Waals surface area contributed by atoms with E-state index < -0.39 is 12.0 Å². The highest BCUT2D eigenvalue weighted by Crippen LogP contribution is 2.16. The summed E-state index contributed by atoms with van der Waals surface area (Å²) in [5.41, 5.74) is 0.731. The van der Waals surface area contributed by atoms with Crippen molar-refractivity contribution in [3.8, 4) is 5.88 Å². The van der Waals surface area contributed by atoms with Crippen molar-refractivity contribution in [1.82, 2.24) is 10.3 Å². The van der Waals surface area contributed by atoms with Crippen LogP contribution in [0, 0.1) is 5.92 Å². The Kier molecular flexibility index (Phi) is 5.96. The fourth-order valence-corrected chi connectivity index (χ4v) is 1.66. The van der Waals surface area contributed by atoms with Gasteiger partial charge in [-0.3, -0.25) is 4.79 Å². The van der Waals surface area contributed by atoms with Gasteiger partial charge in [-0.2, -0.15) is 0 Å². The molecule has 1 heterocycles. The number of methoxy groups -OCH3 is 2. The van der Waals surface area contributed by atoms with Gasteiger partial charge >= 0.3 is 5.97 Å². The predicted molar refractivity (Wildman–Crippen MR) is 73.3 cm³/mol. The SMILES string of the molecule is COC(=O)[C@@H](Cc1cccnc1OC)NC(=O)C(C)C. The number of ether oxygens (including phenoxy) is 2. The van der Waals surface area contributed by atoms with Crippen LogP contribution in [-0.4, -0.2) is 37.1 Å². The Hall–Kier alpha value is -2.11. The van der Waals surface area contributed by atoms with E-state index in [9.17, 15) is 9.59 Å². The standard InChI is InChI=1S/C14H20N2O4/c1-9(2)12(17)16-11(14(18)20-4)8-10-6-5-7-15-13(10)19-3/h5-7,9,11H,8H2,1-4H3,(H,16,17)/t11-/m1/s1. The fourth-order valence-electron chi connectivity index (χ4n) is 1.66. The normalized spacial score (nSPS) is 11.8. The number of aromatic nitrogens is 1. The maximum Gasteiger partial charge on any atom is 0.328 e. The van der Waals surface area contributed by atoms with Gasteiger partial charge in [0.15, 0.2) is 0 Å². The van der Waals surface area contributed by atoms with Crippen LogP contribution in [0.5, 0.6) is 5.88 Å². The minimum Gasteiger partial charge on any atom is -0.481 e. The van der Waals surface area contributed by atoms with E-state index in [0.717, 1.165) is 5.56 Å². The van der Waals surface area contributed by atoms with Crippen LogP contribution in [0.2, 0.25) is 0 Å². The van der Waals surface area contributed by atoms with Crippen molar-refractivity contribution in [3.05, 3.63) is 23.9 Å². The molecule has 0 saturated heterocycles. The van der Waals surface area contributed by atoms with Crippen LogP contribution in [0.4, 0.5) is 0 Å². The number of nitrogens with one attached hydrogen (secondary N) is 1. The van der Waals surface area contributed by atoms with Gasteiger partial charge in [0.2, 0.25) is 11.8 Å². The first-order valence-corrected chi connectivity index (χ1v) is 6.35. The molecule has 0 spiro atoms. The highest BCUT2D eigenvalue weighted by molar-refractivity contribution is 5.85. The molecule has 110 valence electrons. The Bertz CT molecular complexity index is 474. The number of carbonyl (C=O) groups excluding carboxylic acids is 2. The van der Waals surface area contributed by atoms with Crippen LogP contribution >= 0.6 is 0 Å². The van der Waals surface area contributed by atoms with Gasteiger partial charge in [0.1, 0.15) is 6.04 Å². The molecule has 0 aliphatic rings. The monoisotopic (exact) mass is 280 g/mol. The molecule has 0 unspecified atom stereocenters. The number of pyridine rings is 1. The van der Waals surface area contributed by atoms with Gasteiger partial charge in [-0.05, 0) is 6.07 Å². The highest BCUT2D eigenvalue weighted by atomic mass is 16.5. The molecule has 6 heteroatoms. The number of hydrogen-bond acceptors (Lipinski definition) is 5. The molecule has 1 rings (SSSR count). The van der Waals surface area contributed by atoms with Gasteiger partial charge in [0, 0.05) is 24.1 Å². The van der Waals surface area contributed by atoms with Crippen molar-refractivity contribution in [2.75, 3.05) is 14.2 Å². The molecule has 1 atom stereocenters. The predicted octanol–water partition coefficient (Wildman–Crippen LogP) is 0.946. The van der Waals surface area contributed by atoms with Crippen molar-refractivity contribution >= 4 is 11.9 Å². The summed E-state index contributed by atoms with van der Waals surface area (Å²) in [7, 11) is 2.79. The Balaban J connectivity index is 2.89. The number of hydrogen-bond donors (Lipinski definition) is 1. The summed E-state index contributed by atoms with van der Waals surface area (Å²) in [6.45, 7) is 3.52. The van der Waals surface area contributed by atoms with Crippen LogP contribution in [0.1, 0.15) is 19.4 Å². The molecule has 1 aromatic rings. The first-order chi connectivity index (χ1) is 9.49. The van der Waals surface area contributed by atoms with Crippen LogP contribution in [0.3, 0.4) is 0 Å². The molecule has 0 fully saturated rings. The largest absolute Gasteiger partial charge is 0.481 e. The van der Waals surface area contributed by atoms with E-state index >= 15 is 0 Å². The first-order valence-electron chi connectivity index (χ1n) is 6.35. The summed E-state index contributed by atoms with van der Waals surface area (Å²) < 4.78 is 9.86. The van der Waals surface area contributed by atoms with Gasteiger partial charge in [0.25, 0.3) is 0 Å². The topological polar surface area (TPSA) is 77.5 Å². The molecule has 0 bridgehead atoms. The zero-order valence-electron chi connectivity index (χ0n) is 12.2. The summed E-state index contributed by atoms with van der Waals surface area (Å²) in [5, 5.41) is 2.67. The summed E-state index contributed by atoms with van der Waals surface area (Å²) in [6.07, 6.45) is 1.87. The number of amides is 1. The van der Waals surface area contributed by atoms with Gasteiger partial charge in [-0.15, -0.1) is 0 Å². The lowest BCUT2D eigenvalue weighted by atomic mass is 10.1. The van der Waals surface area contributed by atoms with Crippen LogP contribution in [0.15, 0.2) is 18.3 Å². The maximum atomic E-state index is 11.8. The molecule has 1 aromatic heterocycles. The number of carbonyl (C=O) groups is 2. The smallest absolute Gasteiger partial charge is 0.328 e. The number of rotatable bonds is 6. The fraction of sp³-hybridized carbons (Fsp3) is 0.500. The summed E-state index contributed by atoms with van der Waals surface area (Å²) in [5.74, 6) is -0.480. The van der Waals surface area contributed by atoms with E-state index in [2.05, 4.69) is 10.3 Å².